The normalized spacial score (nSPS) is 23.8. The molecule has 0 aromatic carbocycles. The van der Waals surface area contributed by atoms with Crippen LogP contribution in [0.2, 0.25) is 0 Å². The molecule has 0 radical (unpaired) electrons. The first-order valence-corrected chi connectivity index (χ1v) is 8.11. The van der Waals surface area contributed by atoms with Crippen LogP contribution in [0.1, 0.15) is 40.0 Å². The number of ether oxygens (including phenoxy) is 2. The maximum Gasteiger partial charge on any atom is 0.137 e. The number of methoxy groups -OCH3 is 2. The molecule has 0 aliphatic heterocycles. The average Bonchev–Trinajstić information content (AvgIpc) is 2.42. The zero-order valence-electron chi connectivity index (χ0n) is 14.5. The number of hydrogen-bond acceptors (Lipinski definition) is 4. The predicted octanol–water partition coefficient (Wildman–Crippen LogP) is 2.61. The van der Waals surface area contributed by atoms with Crippen LogP contribution < -0.4 is 0 Å². The smallest absolute Gasteiger partial charge is 0.137 e. The molecule has 0 N–H and O–H groups in total. The predicted molar refractivity (Wildman–Crippen MR) is 85.5 cm³/mol. The van der Waals surface area contributed by atoms with Gasteiger partial charge in [0.25, 0.3) is 0 Å². The van der Waals surface area contributed by atoms with Gasteiger partial charge in [0.05, 0.1) is 13.2 Å². The summed E-state index contributed by atoms with van der Waals surface area (Å²) < 4.78 is 10.4. The second-order valence-corrected chi connectivity index (χ2v) is 7.29. The fourth-order valence-electron chi connectivity index (χ4n) is 3.12. The zero-order valence-corrected chi connectivity index (χ0v) is 14.5. The lowest BCUT2D eigenvalue weighted by molar-refractivity contribution is -0.127. The van der Waals surface area contributed by atoms with Gasteiger partial charge in [-0.25, -0.2) is 0 Å². The molecule has 2 atom stereocenters. The molecule has 124 valence electrons. The topological polar surface area (TPSA) is 38.8 Å². The van der Waals surface area contributed by atoms with Gasteiger partial charge in [0.1, 0.15) is 5.78 Å². The fourth-order valence-corrected chi connectivity index (χ4v) is 3.12. The molecule has 0 heterocycles. The van der Waals surface area contributed by atoms with E-state index in [-0.39, 0.29) is 5.92 Å². The molecular weight excluding hydrogens is 266 g/mol. The lowest BCUT2D eigenvalue weighted by atomic mass is 9.68. The molecule has 1 aliphatic carbocycles. The quantitative estimate of drug-likeness (QED) is 0.690. The third kappa shape index (κ3) is 6.45. The molecule has 21 heavy (non-hydrogen) atoms. The first kappa shape index (κ1) is 18.6. The Morgan fingerprint density at radius 2 is 1.71 bits per heavy atom. The van der Waals surface area contributed by atoms with E-state index in [0.717, 1.165) is 38.9 Å². The fraction of sp³-hybridized carbons (Fsp3) is 0.941. The van der Waals surface area contributed by atoms with E-state index in [1.165, 1.54) is 0 Å². The van der Waals surface area contributed by atoms with Gasteiger partial charge in [-0.1, -0.05) is 20.8 Å². The number of hydrogen-bond donors (Lipinski definition) is 0. The summed E-state index contributed by atoms with van der Waals surface area (Å²) in [7, 11) is 3.44. The van der Waals surface area contributed by atoms with Crippen molar-refractivity contribution in [2.45, 2.75) is 40.0 Å². The van der Waals surface area contributed by atoms with Crippen LogP contribution in [0.25, 0.3) is 0 Å². The Morgan fingerprint density at radius 3 is 2.19 bits per heavy atom. The van der Waals surface area contributed by atoms with Gasteiger partial charge in [-0.15, -0.1) is 0 Å². The van der Waals surface area contributed by atoms with Crippen LogP contribution in [0.3, 0.4) is 0 Å². The van der Waals surface area contributed by atoms with E-state index >= 15 is 0 Å². The summed E-state index contributed by atoms with van der Waals surface area (Å²) >= 11 is 0. The van der Waals surface area contributed by atoms with Gasteiger partial charge in [0, 0.05) is 46.2 Å². The Balaban J connectivity index is 2.59. The number of Topliss-reactive ketones (excluding diaryl/α,β-unsaturated/α-hetero) is 1. The maximum absolute atomic E-state index is 12.3. The average molecular weight is 299 g/mol. The zero-order chi connectivity index (χ0) is 15.9. The standard InChI is InChI=1S/C17H33NO3/c1-17(2,3)15-6-7-16(19)14(12-15)13-18(8-10-20-4)9-11-21-5/h14-15H,6-13H2,1-5H3. The van der Waals surface area contributed by atoms with Crippen molar-refractivity contribution < 1.29 is 14.3 Å². The van der Waals surface area contributed by atoms with Crippen molar-refractivity contribution in [3.63, 3.8) is 0 Å². The summed E-state index contributed by atoms with van der Waals surface area (Å²) in [5.74, 6) is 1.26. The van der Waals surface area contributed by atoms with E-state index in [0.29, 0.717) is 30.3 Å². The molecule has 4 heteroatoms. The Morgan fingerprint density at radius 1 is 1.14 bits per heavy atom. The van der Waals surface area contributed by atoms with Crippen LogP contribution >= 0.6 is 0 Å². The van der Waals surface area contributed by atoms with Crippen molar-refractivity contribution >= 4 is 5.78 Å². The third-order valence-electron chi connectivity index (χ3n) is 4.69. The van der Waals surface area contributed by atoms with Crippen LogP contribution in [-0.4, -0.2) is 57.8 Å². The molecule has 1 saturated carbocycles. The highest BCUT2D eigenvalue weighted by Crippen LogP contribution is 2.39. The second kappa shape index (κ2) is 8.86. The van der Waals surface area contributed by atoms with Crippen LogP contribution in [0.5, 0.6) is 0 Å². The van der Waals surface area contributed by atoms with Crippen molar-refractivity contribution in [3.05, 3.63) is 0 Å². The van der Waals surface area contributed by atoms with Gasteiger partial charge in [-0.2, -0.15) is 0 Å². The van der Waals surface area contributed by atoms with E-state index in [4.69, 9.17) is 9.47 Å². The highest BCUT2D eigenvalue weighted by atomic mass is 16.5. The summed E-state index contributed by atoms with van der Waals surface area (Å²) in [6.45, 7) is 10.8. The van der Waals surface area contributed by atoms with Crippen LogP contribution in [0.15, 0.2) is 0 Å². The number of nitrogens with zero attached hydrogens (tertiary/aromatic N) is 1. The van der Waals surface area contributed by atoms with Gasteiger partial charge in [0.15, 0.2) is 0 Å². The summed E-state index contributed by atoms with van der Waals surface area (Å²) in [6.07, 6.45) is 2.82. The molecule has 0 aromatic rings. The van der Waals surface area contributed by atoms with E-state index in [9.17, 15) is 4.79 Å². The van der Waals surface area contributed by atoms with Gasteiger partial charge in [-0.3, -0.25) is 9.69 Å². The summed E-state index contributed by atoms with van der Waals surface area (Å²) in [5.41, 5.74) is 0.294. The minimum absolute atomic E-state index is 0.177. The van der Waals surface area contributed by atoms with Crippen LogP contribution in [0.4, 0.5) is 0 Å². The minimum Gasteiger partial charge on any atom is -0.383 e. The maximum atomic E-state index is 12.3. The first-order chi connectivity index (χ1) is 9.88. The van der Waals surface area contributed by atoms with Crippen LogP contribution in [-0.2, 0) is 14.3 Å². The Hall–Kier alpha value is -0.450. The molecule has 0 bridgehead atoms. The van der Waals surface area contributed by atoms with E-state index in [1.807, 2.05) is 0 Å². The van der Waals surface area contributed by atoms with Gasteiger partial charge < -0.3 is 9.47 Å². The van der Waals surface area contributed by atoms with Gasteiger partial charge >= 0.3 is 0 Å². The van der Waals surface area contributed by atoms with Gasteiger partial charge in [-0.05, 0) is 24.2 Å². The molecule has 0 amide bonds. The van der Waals surface area contributed by atoms with Crippen molar-refractivity contribution in [3.8, 4) is 0 Å². The Labute approximate surface area is 130 Å². The lowest BCUT2D eigenvalue weighted by Gasteiger charge is -2.38. The minimum atomic E-state index is 0.177. The largest absolute Gasteiger partial charge is 0.383 e. The van der Waals surface area contributed by atoms with Crippen molar-refractivity contribution in [2.75, 3.05) is 47.1 Å². The van der Waals surface area contributed by atoms with Gasteiger partial charge in [0.2, 0.25) is 0 Å². The number of carbonyl (C=O) groups excluding carboxylic acids is 1. The van der Waals surface area contributed by atoms with Crippen molar-refractivity contribution in [2.24, 2.45) is 17.3 Å². The molecule has 0 aromatic heterocycles. The Kier molecular flexibility index (Phi) is 7.85. The second-order valence-electron chi connectivity index (χ2n) is 7.29. The molecule has 2 unspecified atom stereocenters. The van der Waals surface area contributed by atoms with E-state index < -0.39 is 0 Å². The third-order valence-corrected chi connectivity index (χ3v) is 4.69. The van der Waals surface area contributed by atoms with E-state index in [2.05, 4.69) is 25.7 Å². The van der Waals surface area contributed by atoms with Crippen molar-refractivity contribution in [1.29, 1.82) is 0 Å². The molecule has 0 spiro atoms. The molecule has 4 nitrogen and oxygen atoms in total. The highest BCUT2D eigenvalue weighted by molar-refractivity contribution is 5.82. The molecular formula is C17H33NO3. The highest BCUT2D eigenvalue weighted by Gasteiger charge is 2.35. The molecule has 1 rings (SSSR count). The molecule has 1 fully saturated rings. The number of rotatable bonds is 8. The van der Waals surface area contributed by atoms with E-state index in [1.54, 1.807) is 14.2 Å². The number of ketones is 1. The Bertz CT molecular complexity index is 304. The van der Waals surface area contributed by atoms with Crippen LogP contribution in [0, 0.1) is 17.3 Å². The molecule has 1 aliphatic rings. The summed E-state index contributed by atoms with van der Waals surface area (Å²) in [4.78, 5) is 14.6. The monoisotopic (exact) mass is 299 g/mol. The first-order valence-electron chi connectivity index (χ1n) is 8.11. The summed E-state index contributed by atoms with van der Waals surface area (Å²) in [5, 5.41) is 0. The number of carbonyl (C=O) groups is 1. The van der Waals surface area contributed by atoms with Crippen molar-refractivity contribution in [1.82, 2.24) is 4.90 Å². The lowest BCUT2D eigenvalue weighted by Crippen LogP contribution is -2.41. The SMILES string of the molecule is COCCN(CCOC)CC1CC(C(C)(C)C)CCC1=O. The molecule has 0 saturated heterocycles. The summed E-state index contributed by atoms with van der Waals surface area (Å²) in [6, 6.07) is 0.